The molecule has 0 aromatic heterocycles. The van der Waals surface area contributed by atoms with E-state index in [2.05, 4.69) is 25.1 Å². The second-order valence-corrected chi connectivity index (χ2v) is 11.7. The van der Waals surface area contributed by atoms with Crippen molar-refractivity contribution < 1.29 is 105 Å². The molecule has 1 spiro atoms. The Morgan fingerprint density at radius 2 is 1.29 bits per heavy atom. The number of hydrogen-bond acceptors (Lipinski definition) is 23. The number of aliphatic hydroxyl groups excluding tert-OH is 5. The van der Waals surface area contributed by atoms with Gasteiger partial charge in [0.05, 0.1) is 6.61 Å². The number of rotatable bonds is 4. The molecule has 26 heteroatoms. The van der Waals surface area contributed by atoms with E-state index >= 15 is 0 Å². The molecule has 2 unspecified atom stereocenters. The van der Waals surface area contributed by atoms with Crippen LogP contribution in [0.3, 0.4) is 0 Å². The van der Waals surface area contributed by atoms with Gasteiger partial charge in [-0.25, -0.2) is 16.7 Å². The summed E-state index contributed by atoms with van der Waals surface area (Å²) in [6.45, 7) is -2.80. The lowest BCUT2D eigenvalue weighted by Crippen LogP contribution is -2.88. The predicted molar refractivity (Wildman–Crippen MR) is 95.5 cm³/mol. The van der Waals surface area contributed by atoms with Crippen molar-refractivity contribution >= 4 is 31.2 Å². The van der Waals surface area contributed by atoms with Gasteiger partial charge in [-0.15, -0.1) is 0 Å². The molecule has 5 heterocycles. The highest BCUT2D eigenvalue weighted by Crippen LogP contribution is 2.66. The molecule has 0 radical (unpaired) electrons. The maximum Gasteiger partial charge on any atom is 0.407 e. The minimum Gasteiger partial charge on any atom is -0.394 e. The van der Waals surface area contributed by atoms with Crippen LogP contribution in [0.2, 0.25) is 0 Å². The first-order chi connectivity index (χ1) is 17.1. The zero-order valence-corrected chi connectivity index (χ0v) is 20.1. The van der Waals surface area contributed by atoms with Gasteiger partial charge in [0.15, 0.2) is 0 Å². The Morgan fingerprint density at radius 1 is 0.737 bits per heavy atom. The van der Waals surface area contributed by atoms with Gasteiger partial charge in [0.2, 0.25) is 12.1 Å². The van der Waals surface area contributed by atoms with Crippen molar-refractivity contribution in [3.05, 3.63) is 0 Å². The van der Waals surface area contributed by atoms with Gasteiger partial charge in [-0.1, -0.05) is 0 Å². The summed E-state index contributed by atoms with van der Waals surface area (Å²) in [5.41, 5.74) is 0. The Kier molecular flexibility index (Phi) is 5.82. The van der Waals surface area contributed by atoms with Gasteiger partial charge in [-0.05, 0) is 0 Å². The quantitative estimate of drug-likeness (QED) is 0.144. The van der Waals surface area contributed by atoms with Crippen LogP contribution in [0.5, 0.6) is 0 Å². The third-order valence-corrected chi connectivity index (χ3v) is 8.57. The Labute approximate surface area is 209 Å². The summed E-state index contributed by atoms with van der Waals surface area (Å²) < 4.78 is 113. The molecule has 8 N–H and O–H groups in total. The topological polar surface area (TPSA) is 347 Å². The molecule has 220 valence electrons. The molecule has 10 atom stereocenters. The summed E-state index contributed by atoms with van der Waals surface area (Å²) in [5.74, 6) is -26.0. The normalized spacial score (nSPS) is 56.2. The maximum absolute atomic E-state index is 12.3. The van der Waals surface area contributed by atoms with Crippen LogP contribution in [-0.2, 0) is 70.5 Å². The SMILES string of the molecule is O=S1(=O)OC(O)[C@]2(O[C@]3(OC4(CO)O[C@H](CO)[C@@H](O)[C@@H]4O)OS(=O)(=O)O[C@@]3(O)[C@]3(O)OS(=O)(=O)O[C@@]23O)O1. The molecule has 23 nitrogen and oxygen atoms in total. The van der Waals surface area contributed by atoms with Crippen LogP contribution >= 0.6 is 0 Å². The maximum atomic E-state index is 12.3. The highest BCUT2D eigenvalue weighted by Gasteiger charge is 2.99. The lowest BCUT2D eigenvalue weighted by Gasteiger charge is -2.56. The third kappa shape index (κ3) is 3.26. The fourth-order valence-corrected chi connectivity index (χ4v) is 7.29. The summed E-state index contributed by atoms with van der Waals surface area (Å²) in [4.78, 5) is 0. The minimum atomic E-state index is -5.87. The number of aliphatic hydroxyl groups is 8. The molecular weight excluding hydrogens is 608 g/mol. The molecule has 0 amide bonds. The first-order valence-corrected chi connectivity index (χ1v) is 13.6. The van der Waals surface area contributed by atoms with E-state index < -0.39 is 104 Å². The standard InChI is InChI=1S/C12H16O23S3/c13-1-3-4(15)5(16)7(2-14,27-3)29-12-11(20,34-38(25,26)35-12)10(19)9(18,32-37(23,24)33-10)8(30-12)6(17)28-36(21,22)31-8/h3-6,13-20H,1-2H2/t3-,4-,5+,6?,7?,8+,9+,10-,11+,12+/m1/s1. The lowest BCUT2D eigenvalue weighted by atomic mass is 9.84. The molecule has 5 aliphatic rings. The van der Waals surface area contributed by atoms with Crippen molar-refractivity contribution in [2.75, 3.05) is 13.2 Å². The van der Waals surface area contributed by atoms with Gasteiger partial charge in [0.25, 0.3) is 0 Å². The molecule has 0 aromatic rings. The van der Waals surface area contributed by atoms with Crippen molar-refractivity contribution in [2.24, 2.45) is 0 Å². The van der Waals surface area contributed by atoms with Crippen LogP contribution in [-0.4, -0.2) is 139 Å². The fourth-order valence-electron chi connectivity index (χ4n) is 4.30. The van der Waals surface area contributed by atoms with Crippen molar-refractivity contribution in [3.63, 3.8) is 0 Å². The summed E-state index contributed by atoms with van der Waals surface area (Å²) in [6, 6.07) is 0. The van der Waals surface area contributed by atoms with Crippen LogP contribution in [0.15, 0.2) is 0 Å². The van der Waals surface area contributed by atoms with Crippen LogP contribution in [0.4, 0.5) is 0 Å². The number of fused-ring (bicyclic) bond motifs is 4. The van der Waals surface area contributed by atoms with Crippen molar-refractivity contribution in [1.82, 2.24) is 0 Å². The summed E-state index contributed by atoms with van der Waals surface area (Å²) in [7, 11) is -17.3. The van der Waals surface area contributed by atoms with E-state index in [-0.39, 0.29) is 0 Å². The molecule has 0 saturated carbocycles. The Morgan fingerprint density at radius 3 is 1.79 bits per heavy atom. The van der Waals surface area contributed by atoms with E-state index in [1.165, 1.54) is 0 Å². The first kappa shape index (κ1) is 28.7. The second kappa shape index (κ2) is 7.71. The van der Waals surface area contributed by atoms with Gasteiger partial charge < -0.3 is 45.6 Å². The lowest BCUT2D eigenvalue weighted by molar-refractivity contribution is -0.620. The van der Waals surface area contributed by atoms with Gasteiger partial charge in [-0.2, -0.15) is 33.6 Å². The monoisotopic (exact) mass is 624 g/mol. The molecule has 0 bridgehead atoms. The Bertz CT molecular complexity index is 1360. The molecular formula is C12H16O23S3. The van der Waals surface area contributed by atoms with Crippen molar-refractivity contribution in [2.45, 2.75) is 59.5 Å². The first-order valence-electron chi connectivity index (χ1n) is 9.60. The zero-order valence-electron chi connectivity index (χ0n) is 17.6. The molecule has 5 saturated heterocycles. The summed E-state index contributed by atoms with van der Waals surface area (Å²) >= 11 is 0. The molecule has 5 rings (SSSR count). The van der Waals surface area contributed by atoms with E-state index in [1.807, 2.05) is 0 Å². The predicted octanol–water partition coefficient (Wildman–Crippen LogP) is -8.56. The van der Waals surface area contributed by atoms with E-state index in [4.69, 9.17) is 14.2 Å². The van der Waals surface area contributed by atoms with E-state index in [1.54, 1.807) is 0 Å². The molecule has 5 aliphatic heterocycles. The average molecular weight is 624 g/mol. The second-order valence-electron chi connectivity index (χ2n) is 8.19. The summed E-state index contributed by atoms with van der Waals surface area (Å²) in [5, 5.41) is 83.5. The fraction of sp³-hybridized carbons (Fsp3) is 1.00. The smallest absolute Gasteiger partial charge is 0.394 e. The average Bonchev–Trinajstić information content (AvgIpc) is 3.31. The third-order valence-electron chi connectivity index (χ3n) is 5.95. The van der Waals surface area contributed by atoms with Crippen molar-refractivity contribution in [1.29, 1.82) is 0 Å². The largest absolute Gasteiger partial charge is 0.407 e. The zero-order chi connectivity index (χ0) is 28.6. The highest BCUT2D eigenvalue weighted by atomic mass is 32.3. The van der Waals surface area contributed by atoms with Crippen LogP contribution in [0.25, 0.3) is 0 Å². The molecule has 5 fully saturated rings. The molecule has 0 aromatic carbocycles. The number of ether oxygens (including phenoxy) is 3. The van der Waals surface area contributed by atoms with Gasteiger partial charge in [-0.3, -0.25) is 9.47 Å². The van der Waals surface area contributed by atoms with Crippen LogP contribution in [0.1, 0.15) is 0 Å². The number of hydrogen-bond donors (Lipinski definition) is 8. The van der Waals surface area contributed by atoms with Gasteiger partial charge in [0.1, 0.15) is 24.9 Å². The van der Waals surface area contributed by atoms with E-state index in [0.717, 1.165) is 0 Å². The van der Waals surface area contributed by atoms with Gasteiger partial charge in [0, 0.05) is 0 Å². The Balaban J connectivity index is 1.79. The van der Waals surface area contributed by atoms with Crippen LogP contribution < -0.4 is 0 Å². The highest BCUT2D eigenvalue weighted by molar-refractivity contribution is 7.82. The van der Waals surface area contributed by atoms with E-state index in [0.29, 0.717) is 0 Å². The Hall–Kier alpha value is -0.830. The van der Waals surface area contributed by atoms with Gasteiger partial charge >= 0.3 is 60.3 Å². The minimum absolute atomic E-state index is 1.12. The van der Waals surface area contributed by atoms with Crippen LogP contribution in [0, 0.1) is 0 Å². The van der Waals surface area contributed by atoms with E-state index in [9.17, 15) is 66.1 Å². The summed E-state index contributed by atoms with van der Waals surface area (Å²) in [6.07, 6.45) is -9.92. The molecule has 0 aliphatic carbocycles. The van der Waals surface area contributed by atoms with Crippen molar-refractivity contribution in [3.8, 4) is 0 Å². The molecule has 38 heavy (non-hydrogen) atoms.